The van der Waals surface area contributed by atoms with E-state index in [0.717, 1.165) is 38.3 Å². The van der Waals surface area contributed by atoms with Crippen LogP contribution >= 0.6 is 12.4 Å². The summed E-state index contributed by atoms with van der Waals surface area (Å²) in [6.07, 6.45) is 3.44. The van der Waals surface area contributed by atoms with Crippen molar-refractivity contribution >= 4 is 28.3 Å². The monoisotopic (exact) mass is 490 g/mol. The van der Waals surface area contributed by atoms with Gasteiger partial charge in [0.2, 0.25) is 10.0 Å². The molecule has 0 unspecified atom stereocenters. The second-order valence-electron chi connectivity index (χ2n) is 8.88. The van der Waals surface area contributed by atoms with E-state index in [1.54, 1.807) is 16.4 Å². The predicted octanol–water partition coefficient (Wildman–Crippen LogP) is 3.68. The Morgan fingerprint density at radius 1 is 1.09 bits per heavy atom. The van der Waals surface area contributed by atoms with Crippen molar-refractivity contribution < 1.29 is 8.42 Å². The standard InChI is InChI=1S/C25H34N4O2S.ClH/c1-3-5-21-8-10-23(11-9-21)32(30,31)29-16-12-25(13-17-29)24(26-14-15-28-25)27-19-22-7-4-6-20(2)18-22;/h4,6-11,18,28H,3,5,12-17,19H2,1-2H3,(H,26,27);1H. The number of piperidine rings is 1. The van der Waals surface area contributed by atoms with Gasteiger partial charge in [0.25, 0.3) is 0 Å². The van der Waals surface area contributed by atoms with Crippen LogP contribution in [0, 0.1) is 6.92 Å². The van der Waals surface area contributed by atoms with E-state index in [0.29, 0.717) is 30.8 Å². The Morgan fingerprint density at radius 2 is 1.82 bits per heavy atom. The molecule has 2 heterocycles. The number of nitrogens with one attached hydrogen (secondary N) is 2. The van der Waals surface area contributed by atoms with Crippen LogP contribution in [-0.4, -0.2) is 50.3 Å². The summed E-state index contributed by atoms with van der Waals surface area (Å²) in [4.78, 5) is 5.18. The highest BCUT2D eigenvalue weighted by Gasteiger charge is 2.43. The molecule has 1 saturated heterocycles. The highest BCUT2D eigenvalue weighted by molar-refractivity contribution is 7.89. The van der Waals surface area contributed by atoms with Gasteiger partial charge in [-0.2, -0.15) is 4.31 Å². The molecule has 0 radical (unpaired) electrons. The third-order valence-corrected chi connectivity index (χ3v) is 8.43. The number of halogens is 1. The molecule has 0 atom stereocenters. The molecule has 180 valence electrons. The molecule has 8 heteroatoms. The van der Waals surface area contributed by atoms with E-state index < -0.39 is 10.0 Å². The van der Waals surface area contributed by atoms with Crippen LogP contribution < -0.4 is 10.6 Å². The zero-order valence-corrected chi connectivity index (χ0v) is 21.1. The molecule has 0 saturated carbocycles. The van der Waals surface area contributed by atoms with Gasteiger partial charge in [-0.1, -0.05) is 55.3 Å². The van der Waals surface area contributed by atoms with Gasteiger partial charge in [0.05, 0.1) is 17.0 Å². The Balaban J connectivity index is 0.00000306. The molecular weight excluding hydrogens is 456 g/mol. The summed E-state index contributed by atoms with van der Waals surface area (Å²) in [7, 11) is -3.48. The molecule has 2 aliphatic heterocycles. The van der Waals surface area contributed by atoms with E-state index in [1.807, 2.05) is 12.1 Å². The maximum atomic E-state index is 13.2. The number of aryl methyl sites for hydroxylation is 2. The summed E-state index contributed by atoms with van der Waals surface area (Å²) >= 11 is 0. The van der Waals surface area contributed by atoms with Gasteiger partial charge >= 0.3 is 0 Å². The number of amidine groups is 1. The average molecular weight is 491 g/mol. The number of aliphatic imine (C=N–C) groups is 1. The highest BCUT2D eigenvalue weighted by Crippen LogP contribution is 2.29. The van der Waals surface area contributed by atoms with Crippen molar-refractivity contribution in [1.29, 1.82) is 0 Å². The highest BCUT2D eigenvalue weighted by atomic mass is 35.5. The van der Waals surface area contributed by atoms with E-state index in [-0.39, 0.29) is 17.9 Å². The summed E-state index contributed by atoms with van der Waals surface area (Å²) in [5.74, 6) is 0.964. The first kappa shape index (κ1) is 25.7. The minimum atomic E-state index is -3.48. The molecule has 2 aliphatic rings. The molecular formula is C25H35ClN4O2S. The van der Waals surface area contributed by atoms with Gasteiger partial charge in [0.15, 0.2) is 0 Å². The molecule has 0 aromatic heterocycles. The van der Waals surface area contributed by atoms with Gasteiger partial charge in [0, 0.05) is 26.2 Å². The molecule has 0 bridgehead atoms. The third kappa shape index (κ3) is 5.77. The molecule has 4 rings (SSSR count). The number of nitrogens with zero attached hydrogens (tertiary/aromatic N) is 2. The molecule has 0 amide bonds. The first-order chi connectivity index (χ1) is 15.4. The average Bonchev–Trinajstić information content (AvgIpc) is 2.80. The number of hydrogen-bond acceptors (Lipinski definition) is 5. The van der Waals surface area contributed by atoms with Crippen molar-refractivity contribution in [1.82, 2.24) is 14.9 Å². The zero-order chi connectivity index (χ0) is 22.6. The fourth-order valence-corrected chi connectivity index (χ4v) is 6.16. The molecule has 2 N–H and O–H groups in total. The maximum Gasteiger partial charge on any atom is 0.243 e. The molecule has 1 fully saturated rings. The second kappa shape index (κ2) is 11.0. The van der Waals surface area contributed by atoms with Crippen LogP contribution in [0.15, 0.2) is 58.4 Å². The van der Waals surface area contributed by atoms with Crippen molar-refractivity contribution in [2.24, 2.45) is 4.99 Å². The summed E-state index contributed by atoms with van der Waals surface area (Å²) in [6.45, 7) is 7.47. The van der Waals surface area contributed by atoms with Crippen LogP contribution in [-0.2, 0) is 23.0 Å². The minimum Gasteiger partial charge on any atom is -0.368 e. The largest absolute Gasteiger partial charge is 0.368 e. The molecule has 6 nitrogen and oxygen atoms in total. The van der Waals surface area contributed by atoms with Gasteiger partial charge in [-0.25, -0.2) is 8.42 Å². The number of sulfonamides is 1. The smallest absolute Gasteiger partial charge is 0.243 e. The van der Waals surface area contributed by atoms with Gasteiger partial charge in [-0.05, 0) is 49.4 Å². The van der Waals surface area contributed by atoms with E-state index in [4.69, 9.17) is 4.99 Å². The van der Waals surface area contributed by atoms with E-state index >= 15 is 0 Å². The Kier molecular flexibility index (Phi) is 8.56. The second-order valence-corrected chi connectivity index (χ2v) is 10.8. The summed E-state index contributed by atoms with van der Waals surface area (Å²) < 4.78 is 28.0. The van der Waals surface area contributed by atoms with Crippen LogP contribution in [0.25, 0.3) is 0 Å². The van der Waals surface area contributed by atoms with Crippen molar-refractivity contribution in [2.45, 2.75) is 56.5 Å². The number of benzene rings is 2. The zero-order valence-electron chi connectivity index (χ0n) is 19.5. The molecule has 33 heavy (non-hydrogen) atoms. The van der Waals surface area contributed by atoms with Crippen LogP contribution in [0.3, 0.4) is 0 Å². The van der Waals surface area contributed by atoms with Crippen molar-refractivity contribution in [3.8, 4) is 0 Å². The lowest BCUT2D eigenvalue weighted by Crippen LogP contribution is -2.64. The topological polar surface area (TPSA) is 73.8 Å². The Morgan fingerprint density at radius 3 is 2.48 bits per heavy atom. The van der Waals surface area contributed by atoms with Crippen molar-refractivity contribution in [2.75, 3.05) is 26.2 Å². The summed E-state index contributed by atoms with van der Waals surface area (Å²) in [6, 6.07) is 15.8. The van der Waals surface area contributed by atoms with Gasteiger partial charge < -0.3 is 10.6 Å². The molecule has 1 spiro atoms. The first-order valence-corrected chi connectivity index (χ1v) is 13.1. The number of rotatable bonds is 6. The number of hydrogen-bond donors (Lipinski definition) is 2. The van der Waals surface area contributed by atoms with Crippen LogP contribution in [0.1, 0.15) is 42.9 Å². The van der Waals surface area contributed by atoms with E-state index in [2.05, 4.69) is 48.7 Å². The SMILES string of the molecule is CCCc1ccc(S(=O)(=O)N2CCC3(CC2)NCCN=C3NCc2cccc(C)c2)cc1.Cl. The van der Waals surface area contributed by atoms with Gasteiger partial charge in [0.1, 0.15) is 5.84 Å². The minimum absolute atomic E-state index is 0. The van der Waals surface area contributed by atoms with Crippen molar-refractivity contribution in [3.63, 3.8) is 0 Å². The van der Waals surface area contributed by atoms with E-state index in [9.17, 15) is 8.42 Å². The third-order valence-electron chi connectivity index (χ3n) is 6.52. The van der Waals surface area contributed by atoms with Crippen LogP contribution in [0.5, 0.6) is 0 Å². The van der Waals surface area contributed by atoms with Gasteiger partial charge in [-0.3, -0.25) is 4.99 Å². The summed E-state index contributed by atoms with van der Waals surface area (Å²) in [5, 5.41) is 7.20. The lowest BCUT2D eigenvalue weighted by molar-refractivity contribution is 0.241. The summed E-state index contributed by atoms with van der Waals surface area (Å²) in [5.41, 5.74) is 3.36. The normalized spacial score (nSPS) is 18.4. The molecule has 0 aliphatic carbocycles. The molecule has 2 aromatic rings. The first-order valence-electron chi connectivity index (χ1n) is 11.6. The Bertz CT molecular complexity index is 1060. The lowest BCUT2D eigenvalue weighted by Gasteiger charge is -2.44. The van der Waals surface area contributed by atoms with Crippen LogP contribution in [0.2, 0.25) is 0 Å². The van der Waals surface area contributed by atoms with E-state index in [1.165, 1.54) is 16.7 Å². The lowest BCUT2D eigenvalue weighted by atomic mass is 9.85. The Labute approximate surface area is 204 Å². The molecule has 2 aromatic carbocycles. The maximum absolute atomic E-state index is 13.2. The Hall–Kier alpha value is -1.93. The van der Waals surface area contributed by atoms with Crippen LogP contribution in [0.4, 0.5) is 0 Å². The van der Waals surface area contributed by atoms with Crippen molar-refractivity contribution in [3.05, 3.63) is 65.2 Å². The predicted molar refractivity (Wildman–Crippen MR) is 137 cm³/mol. The van der Waals surface area contributed by atoms with Gasteiger partial charge in [-0.15, -0.1) is 12.4 Å². The quantitative estimate of drug-likeness (QED) is 0.647. The fourth-order valence-electron chi connectivity index (χ4n) is 4.72. The fraction of sp³-hybridized carbons (Fsp3) is 0.480.